The number of carbonyl (C=O) groups excluding carboxylic acids is 1. The van der Waals surface area contributed by atoms with Gasteiger partial charge in [-0.1, -0.05) is 30.3 Å². The van der Waals surface area contributed by atoms with Crippen molar-refractivity contribution in [3.63, 3.8) is 0 Å². The van der Waals surface area contributed by atoms with E-state index in [-0.39, 0.29) is 23.8 Å². The summed E-state index contributed by atoms with van der Waals surface area (Å²) in [7, 11) is 0. The zero-order valence-corrected chi connectivity index (χ0v) is 15.6. The van der Waals surface area contributed by atoms with Gasteiger partial charge in [0.05, 0.1) is 23.5 Å². The Balaban J connectivity index is 1.42. The zero-order valence-electron chi connectivity index (χ0n) is 15.6. The minimum atomic E-state index is -4.35. The number of hydrogen-bond acceptors (Lipinski definition) is 4. The molecule has 0 aliphatic heterocycles. The van der Waals surface area contributed by atoms with E-state index in [0.29, 0.717) is 37.9 Å². The highest BCUT2D eigenvalue weighted by molar-refractivity contribution is 5.79. The molecule has 0 bridgehead atoms. The standard InChI is InChI=1S/C19H24F3N5O/c1-12(13-3-2-4-15(7-13)19(20,21)22)5-6-24-18(28)14-8-17(9-14)27-11-16(10-23)25-26-27/h2-4,7,11-12,14,17H,5-6,8-10,23H2,1H3,(H,24,28). The van der Waals surface area contributed by atoms with Crippen LogP contribution in [0.2, 0.25) is 0 Å². The molecule has 1 aromatic carbocycles. The molecule has 152 valence electrons. The molecule has 0 saturated heterocycles. The largest absolute Gasteiger partial charge is 0.416 e. The van der Waals surface area contributed by atoms with Gasteiger partial charge in [0.25, 0.3) is 0 Å². The average Bonchev–Trinajstić information content (AvgIpc) is 3.08. The summed E-state index contributed by atoms with van der Waals surface area (Å²) in [6.45, 7) is 2.62. The highest BCUT2D eigenvalue weighted by atomic mass is 19.4. The lowest BCUT2D eigenvalue weighted by Gasteiger charge is -2.33. The number of aromatic nitrogens is 3. The minimum Gasteiger partial charge on any atom is -0.356 e. The summed E-state index contributed by atoms with van der Waals surface area (Å²) < 4.78 is 40.2. The number of nitrogens with one attached hydrogen (secondary N) is 1. The Hall–Kier alpha value is -2.42. The maximum Gasteiger partial charge on any atom is 0.416 e. The molecule has 1 amide bonds. The molecule has 2 aromatic rings. The fourth-order valence-corrected chi connectivity index (χ4v) is 3.35. The second-order valence-electron chi connectivity index (χ2n) is 7.32. The summed E-state index contributed by atoms with van der Waals surface area (Å²) in [5.74, 6) is -0.174. The van der Waals surface area contributed by atoms with Gasteiger partial charge >= 0.3 is 6.18 Å². The normalized spacial score (nSPS) is 20.5. The number of halogens is 3. The fraction of sp³-hybridized carbons (Fsp3) is 0.526. The third kappa shape index (κ3) is 4.70. The minimum absolute atomic E-state index is 0.0216. The van der Waals surface area contributed by atoms with Gasteiger partial charge in [-0.3, -0.25) is 4.79 Å². The van der Waals surface area contributed by atoms with Gasteiger partial charge in [-0.25, -0.2) is 4.68 Å². The molecule has 1 atom stereocenters. The van der Waals surface area contributed by atoms with Crippen LogP contribution in [0.3, 0.4) is 0 Å². The van der Waals surface area contributed by atoms with Gasteiger partial charge in [0.15, 0.2) is 0 Å². The molecule has 1 aliphatic rings. The monoisotopic (exact) mass is 395 g/mol. The lowest BCUT2D eigenvalue weighted by Crippen LogP contribution is -2.40. The van der Waals surface area contributed by atoms with E-state index in [1.54, 1.807) is 16.9 Å². The molecule has 0 radical (unpaired) electrons. The summed E-state index contributed by atoms with van der Waals surface area (Å²) in [4.78, 5) is 12.2. The van der Waals surface area contributed by atoms with Crippen molar-refractivity contribution in [3.8, 4) is 0 Å². The summed E-state index contributed by atoms with van der Waals surface area (Å²) in [5, 5.41) is 10.9. The van der Waals surface area contributed by atoms with E-state index in [1.165, 1.54) is 12.1 Å². The first kappa shape index (κ1) is 20.3. The van der Waals surface area contributed by atoms with Crippen LogP contribution in [0.4, 0.5) is 13.2 Å². The van der Waals surface area contributed by atoms with E-state index in [2.05, 4.69) is 15.6 Å². The van der Waals surface area contributed by atoms with E-state index in [1.807, 2.05) is 6.92 Å². The molecule has 1 saturated carbocycles. The number of benzene rings is 1. The Bertz CT molecular complexity index is 814. The Morgan fingerprint density at radius 2 is 2.14 bits per heavy atom. The Morgan fingerprint density at radius 1 is 1.39 bits per heavy atom. The second kappa shape index (κ2) is 8.30. The van der Waals surface area contributed by atoms with Crippen LogP contribution in [0, 0.1) is 5.92 Å². The topological polar surface area (TPSA) is 85.8 Å². The summed E-state index contributed by atoms with van der Waals surface area (Å²) in [6, 6.07) is 5.51. The maximum absolute atomic E-state index is 12.8. The average molecular weight is 395 g/mol. The number of alkyl halides is 3. The number of amides is 1. The van der Waals surface area contributed by atoms with E-state index in [4.69, 9.17) is 5.73 Å². The van der Waals surface area contributed by atoms with Crippen LogP contribution in [-0.2, 0) is 17.5 Å². The van der Waals surface area contributed by atoms with Gasteiger partial charge in [-0.15, -0.1) is 5.10 Å². The predicted octanol–water partition coefficient (Wildman–Crippen LogP) is 3.02. The Labute approximate surface area is 161 Å². The van der Waals surface area contributed by atoms with Crippen LogP contribution in [0.1, 0.15) is 55.0 Å². The van der Waals surface area contributed by atoms with Crippen molar-refractivity contribution in [2.75, 3.05) is 6.54 Å². The first-order valence-corrected chi connectivity index (χ1v) is 9.33. The third-order valence-electron chi connectivity index (χ3n) is 5.28. The van der Waals surface area contributed by atoms with Gasteiger partial charge < -0.3 is 11.1 Å². The van der Waals surface area contributed by atoms with Crippen LogP contribution < -0.4 is 11.1 Å². The second-order valence-corrected chi connectivity index (χ2v) is 7.32. The van der Waals surface area contributed by atoms with Gasteiger partial charge in [0.2, 0.25) is 5.91 Å². The van der Waals surface area contributed by atoms with E-state index < -0.39 is 11.7 Å². The number of hydrogen-bond donors (Lipinski definition) is 2. The molecule has 6 nitrogen and oxygen atoms in total. The number of carbonyl (C=O) groups is 1. The molecule has 0 spiro atoms. The lowest BCUT2D eigenvalue weighted by molar-refractivity contribution is -0.137. The fourth-order valence-electron chi connectivity index (χ4n) is 3.35. The highest BCUT2D eigenvalue weighted by Gasteiger charge is 2.36. The van der Waals surface area contributed by atoms with Crippen LogP contribution in [0.25, 0.3) is 0 Å². The van der Waals surface area contributed by atoms with Gasteiger partial charge in [0.1, 0.15) is 0 Å². The van der Waals surface area contributed by atoms with Crippen LogP contribution in [0.15, 0.2) is 30.5 Å². The number of nitrogens with two attached hydrogens (primary N) is 1. The molecule has 3 rings (SSSR count). The van der Waals surface area contributed by atoms with E-state index in [9.17, 15) is 18.0 Å². The van der Waals surface area contributed by atoms with Crippen molar-refractivity contribution >= 4 is 5.91 Å². The summed E-state index contributed by atoms with van der Waals surface area (Å²) in [5.41, 5.74) is 6.21. The predicted molar refractivity (Wildman–Crippen MR) is 97.2 cm³/mol. The maximum atomic E-state index is 12.8. The van der Waals surface area contributed by atoms with Crippen LogP contribution in [0.5, 0.6) is 0 Å². The van der Waals surface area contributed by atoms with E-state index in [0.717, 1.165) is 11.8 Å². The number of rotatable bonds is 7. The Morgan fingerprint density at radius 3 is 2.79 bits per heavy atom. The first-order valence-electron chi connectivity index (χ1n) is 9.33. The van der Waals surface area contributed by atoms with Gasteiger partial charge in [-0.2, -0.15) is 13.2 Å². The van der Waals surface area contributed by atoms with Crippen molar-refractivity contribution in [1.82, 2.24) is 20.3 Å². The third-order valence-corrected chi connectivity index (χ3v) is 5.28. The first-order chi connectivity index (χ1) is 13.3. The summed E-state index contributed by atoms with van der Waals surface area (Å²) in [6.07, 6.45) is -0.577. The smallest absolute Gasteiger partial charge is 0.356 e. The molecule has 1 aromatic heterocycles. The van der Waals surface area contributed by atoms with Crippen molar-refractivity contribution < 1.29 is 18.0 Å². The quantitative estimate of drug-likeness (QED) is 0.755. The molecule has 28 heavy (non-hydrogen) atoms. The van der Waals surface area contributed by atoms with Crippen molar-refractivity contribution in [1.29, 1.82) is 0 Å². The van der Waals surface area contributed by atoms with Crippen molar-refractivity contribution in [2.45, 2.75) is 50.9 Å². The molecule has 1 fully saturated rings. The lowest BCUT2D eigenvalue weighted by atomic mass is 9.79. The molecule has 1 heterocycles. The summed E-state index contributed by atoms with van der Waals surface area (Å²) >= 11 is 0. The zero-order chi connectivity index (χ0) is 20.3. The van der Waals surface area contributed by atoms with Crippen LogP contribution >= 0.6 is 0 Å². The molecule has 9 heteroatoms. The molecule has 1 unspecified atom stereocenters. The van der Waals surface area contributed by atoms with Gasteiger partial charge in [-0.05, 0) is 36.8 Å². The highest BCUT2D eigenvalue weighted by Crippen LogP contribution is 2.37. The molecular formula is C19H24F3N5O. The molecular weight excluding hydrogens is 371 g/mol. The number of nitrogens with zero attached hydrogens (tertiary/aromatic N) is 3. The van der Waals surface area contributed by atoms with E-state index >= 15 is 0 Å². The molecule has 3 N–H and O–H groups in total. The van der Waals surface area contributed by atoms with Crippen LogP contribution in [-0.4, -0.2) is 27.4 Å². The SMILES string of the molecule is CC(CCNC(=O)C1CC(n2cc(CN)nn2)C1)c1cccc(C(F)(F)F)c1. The van der Waals surface area contributed by atoms with Crippen molar-refractivity contribution in [3.05, 3.63) is 47.3 Å². The van der Waals surface area contributed by atoms with Gasteiger partial charge in [0, 0.05) is 19.0 Å². The Kier molecular flexibility index (Phi) is 6.02. The van der Waals surface area contributed by atoms with Crippen molar-refractivity contribution in [2.24, 2.45) is 11.7 Å². The molecule has 1 aliphatic carbocycles.